The lowest BCUT2D eigenvalue weighted by Gasteiger charge is -2.31. The summed E-state index contributed by atoms with van der Waals surface area (Å²) in [6.45, 7) is 0. The molecule has 1 aliphatic rings. The number of benzene rings is 2. The molecule has 22 heavy (non-hydrogen) atoms. The molecule has 1 N–H and O–H groups in total. The Bertz CT molecular complexity index is 771. The van der Waals surface area contributed by atoms with Crippen LogP contribution in [-0.4, -0.2) is 23.0 Å². The van der Waals surface area contributed by atoms with Crippen LogP contribution in [0.25, 0.3) is 6.08 Å². The first-order valence-electron chi connectivity index (χ1n) is 6.67. The fourth-order valence-corrected chi connectivity index (χ4v) is 2.64. The van der Waals surface area contributed by atoms with Crippen LogP contribution in [0.1, 0.15) is 15.9 Å². The molecule has 0 bridgehead atoms. The van der Waals surface area contributed by atoms with E-state index >= 15 is 0 Å². The molecule has 2 aromatic rings. The van der Waals surface area contributed by atoms with Crippen molar-refractivity contribution in [1.29, 1.82) is 0 Å². The van der Waals surface area contributed by atoms with Gasteiger partial charge >= 0.3 is 5.97 Å². The van der Waals surface area contributed by atoms with Crippen LogP contribution in [-0.2, 0) is 4.79 Å². The number of carboxylic acids is 1. The third kappa shape index (κ3) is 2.49. The SMILES string of the molecule is O=C(O)C1C=Cc2cc(Cl)ccc2N1C(=O)c1ccccc1. The van der Waals surface area contributed by atoms with Gasteiger partial charge in [-0.1, -0.05) is 35.9 Å². The zero-order valence-electron chi connectivity index (χ0n) is 11.4. The van der Waals surface area contributed by atoms with Crippen LogP contribution in [0.2, 0.25) is 5.02 Å². The van der Waals surface area contributed by atoms with Gasteiger partial charge in [-0.05, 0) is 42.0 Å². The van der Waals surface area contributed by atoms with Gasteiger partial charge in [0.25, 0.3) is 5.91 Å². The number of anilines is 1. The van der Waals surface area contributed by atoms with Crippen molar-refractivity contribution in [2.24, 2.45) is 0 Å². The number of aliphatic carboxylic acids is 1. The van der Waals surface area contributed by atoms with Gasteiger partial charge in [-0.2, -0.15) is 0 Å². The number of fused-ring (bicyclic) bond motifs is 1. The Balaban J connectivity index is 2.11. The zero-order valence-corrected chi connectivity index (χ0v) is 12.2. The van der Waals surface area contributed by atoms with Crippen LogP contribution in [0.5, 0.6) is 0 Å². The standard InChI is InChI=1S/C17H12ClNO3/c18-13-7-9-14-12(10-13)6-8-15(17(21)22)19(14)16(20)11-4-2-1-3-5-11/h1-10,15H,(H,21,22). The molecule has 3 rings (SSSR count). The molecule has 2 aromatic carbocycles. The average molecular weight is 314 g/mol. The predicted molar refractivity (Wildman–Crippen MR) is 85.2 cm³/mol. The van der Waals surface area contributed by atoms with Crippen molar-refractivity contribution in [1.82, 2.24) is 0 Å². The molecule has 0 saturated heterocycles. The molecule has 0 aromatic heterocycles. The zero-order chi connectivity index (χ0) is 15.7. The van der Waals surface area contributed by atoms with E-state index in [9.17, 15) is 14.7 Å². The number of carbonyl (C=O) groups excluding carboxylic acids is 1. The highest BCUT2D eigenvalue weighted by Gasteiger charge is 2.33. The molecule has 0 fully saturated rings. The summed E-state index contributed by atoms with van der Waals surface area (Å²) in [5.74, 6) is -1.44. The fourth-order valence-electron chi connectivity index (χ4n) is 2.46. The number of hydrogen-bond acceptors (Lipinski definition) is 2. The van der Waals surface area contributed by atoms with Gasteiger partial charge in [-0.3, -0.25) is 9.69 Å². The van der Waals surface area contributed by atoms with Crippen LogP contribution < -0.4 is 4.90 Å². The largest absolute Gasteiger partial charge is 0.479 e. The highest BCUT2D eigenvalue weighted by molar-refractivity contribution is 6.31. The van der Waals surface area contributed by atoms with Crippen LogP contribution in [0.3, 0.4) is 0 Å². The molecule has 0 saturated carbocycles. The number of hydrogen-bond donors (Lipinski definition) is 1. The number of rotatable bonds is 2. The highest BCUT2D eigenvalue weighted by atomic mass is 35.5. The lowest BCUT2D eigenvalue weighted by atomic mass is 10.0. The minimum atomic E-state index is -1.08. The van der Waals surface area contributed by atoms with E-state index in [1.807, 2.05) is 0 Å². The highest BCUT2D eigenvalue weighted by Crippen LogP contribution is 2.32. The summed E-state index contributed by atoms with van der Waals surface area (Å²) in [5, 5.41) is 9.95. The van der Waals surface area contributed by atoms with Gasteiger partial charge in [0.1, 0.15) is 0 Å². The van der Waals surface area contributed by atoms with Gasteiger partial charge in [0.2, 0.25) is 0 Å². The van der Waals surface area contributed by atoms with Gasteiger partial charge in [-0.15, -0.1) is 0 Å². The summed E-state index contributed by atoms with van der Waals surface area (Å²) < 4.78 is 0. The molecule has 0 aliphatic carbocycles. The van der Waals surface area contributed by atoms with Crippen molar-refractivity contribution >= 4 is 35.2 Å². The average Bonchev–Trinajstić information content (AvgIpc) is 2.53. The predicted octanol–water partition coefficient (Wildman–Crippen LogP) is 3.47. The number of nitrogens with zero attached hydrogens (tertiary/aromatic N) is 1. The number of carboxylic acid groups (broad SMARTS) is 1. The van der Waals surface area contributed by atoms with E-state index in [1.165, 1.54) is 11.0 Å². The second-order valence-corrected chi connectivity index (χ2v) is 5.32. The number of amides is 1. The minimum Gasteiger partial charge on any atom is -0.479 e. The summed E-state index contributed by atoms with van der Waals surface area (Å²) in [7, 11) is 0. The second kappa shape index (κ2) is 5.66. The number of carbonyl (C=O) groups is 2. The maximum absolute atomic E-state index is 12.8. The van der Waals surface area contributed by atoms with Crippen LogP contribution in [0, 0.1) is 0 Å². The Morgan fingerprint density at radius 2 is 1.82 bits per heavy atom. The first kappa shape index (κ1) is 14.4. The van der Waals surface area contributed by atoms with Crippen LogP contribution in [0.15, 0.2) is 54.6 Å². The van der Waals surface area contributed by atoms with E-state index < -0.39 is 12.0 Å². The van der Waals surface area contributed by atoms with E-state index in [1.54, 1.807) is 54.6 Å². The molecule has 5 heteroatoms. The summed E-state index contributed by atoms with van der Waals surface area (Å²) in [4.78, 5) is 25.5. The molecule has 1 amide bonds. The first-order valence-corrected chi connectivity index (χ1v) is 7.05. The molecule has 1 unspecified atom stereocenters. The lowest BCUT2D eigenvalue weighted by molar-refractivity contribution is -0.137. The second-order valence-electron chi connectivity index (χ2n) is 4.89. The van der Waals surface area contributed by atoms with Crippen molar-refractivity contribution in [3.05, 3.63) is 70.8 Å². The smallest absolute Gasteiger partial charge is 0.330 e. The molecular formula is C17H12ClNO3. The van der Waals surface area contributed by atoms with Gasteiger partial charge in [-0.25, -0.2) is 4.79 Å². The fraction of sp³-hybridized carbons (Fsp3) is 0.0588. The maximum atomic E-state index is 12.8. The van der Waals surface area contributed by atoms with Crippen LogP contribution in [0.4, 0.5) is 5.69 Å². The molecule has 110 valence electrons. The Labute approximate surface area is 132 Å². The molecule has 4 nitrogen and oxygen atoms in total. The summed E-state index contributed by atoms with van der Waals surface area (Å²) in [5.41, 5.74) is 1.69. The molecule has 0 radical (unpaired) electrons. The van der Waals surface area contributed by atoms with Crippen molar-refractivity contribution in [3.63, 3.8) is 0 Å². The van der Waals surface area contributed by atoms with E-state index in [-0.39, 0.29) is 5.91 Å². The van der Waals surface area contributed by atoms with E-state index in [0.29, 0.717) is 21.8 Å². The van der Waals surface area contributed by atoms with E-state index in [0.717, 1.165) is 0 Å². The summed E-state index contributed by atoms with van der Waals surface area (Å²) in [6.07, 6.45) is 3.16. The van der Waals surface area contributed by atoms with Crippen molar-refractivity contribution in [2.45, 2.75) is 6.04 Å². The van der Waals surface area contributed by atoms with Gasteiger partial charge in [0.05, 0.1) is 5.69 Å². The Kier molecular flexibility index (Phi) is 3.69. The quantitative estimate of drug-likeness (QED) is 0.923. The van der Waals surface area contributed by atoms with Crippen molar-refractivity contribution < 1.29 is 14.7 Å². The Morgan fingerprint density at radius 1 is 1.09 bits per heavy atom. The molecular weight excluding hydrogens is 302 g/mol. The van der Waals surface area contributed by atoms with Crippen molar-refractivity contribution in [2.75, 3.05) is 4.90 Å². The minimum absolute atomic E-state index is 0.360. The van der Waals surface area contributed by atoms with Gasteiger partial charge in [0, 0.05) is 10.6 Å². The topological polar surface area (TPSA) is 57.6 Å². The van der Waals surface area contributed by atoms with Gasteiger partial charge in [0.15, 0.2) is 6.04 Å². The van der Waals surface area contributed by atoms with E-state index in [2.05, 4.69) is 0 Å². The Hall–Kier alpha value is -2.59. The van der Waals surface area contributed by atoms with E-state index in [4.69, 9.17) is 11.6 Å². The summed E-state index contributed by atoms with van der Waals surface area (Å²) in [6, 6.07) is 12.6. The molecule has 1 heterocycles. The van der Waals surface area contributed by atoms with Crippen LogP contribution >= 0.6 is 11.6 Å². The third-order valence-corrected chi connectivity index (χ3v) is 3.71. The molecule has 1 atom stereocenters. The first-order chi connectivity index (χ1) is 10.6. The molecule has 0 spiro atoms. The van der Waals surface area contributed by atoms with Crippen molar-refractivity contribution in [3.8, 4) is 0 Å². The Morgan fingerprint density at radius 3 is 2.50 bits per heavy atom. The summed E-state index contributed by atoms with van der Waals surface area (Å²) >= 11 is 5.97. The third-order valence-electron chi connectivity index (χ3n) is 3.48. The monoisotopic (exact) mass is 313 g/mol. The molecule has 1 aliphatic heterocycles. The maximum Gasteiger partial charge on any atom is 0.330 e. The number of halogens is 1. The normalized spacial score (nSPS) is 16.2. The lowest BCUT2D eigenvalue weighted by Crippen LogP contribution is -2.45. The van der Waals surface area contributed by atoms with Gasteiger partial charge < -0.3 is 5.11 Å².